The van der Waals surface area contributed by atoms with Crippen LogP contribution in [0.15, 0.2) is 11.6 Å². The van der Waals surface area contributed by atoms with Gasteiger partial charge in [0, 0.05) is 11.6 Å². The lowest BCUT2D eigenvalue weighted by Gasteiger charge is -1.93. The molecule has 5 heteroatoms. The van der Waals surface area contributed by atoms with Gasteiger partial charge in [0.1, 0.15) is 0 Å². The molecular formula is C5H7NO4. The van der Waals surface area contributed by atoms with Crippen molar-refractivity contribution in [2.45, 2.75) is 6.92 Å². The van der Waals surface area contributed by atoms with E-state index in [1.165, 1.54) is 12.4 Å². The van der Waals surface area contributed by atoms with Crippen molar-refractivity contribution in [3.63, 3.8) is 0 Å². The molecule has 1 amide bonds. The van der Waals surface area contributed by atoms with Crippen molar-refractivity contribution in [3.05, 3.63) is 11.6 Å². The summed E-state index contributed by atoms with van der Waals surface area (Å²) in [6, 6.07) is 0. The Labute approximate surface area is 56.9 Å². The zero-order chi connectivity index (χ0) is 8.15. The van der Waals surface area contributed by atoms with Crippen LogP contribution in [0.2, 0.25) is 0 Å². The van der Waals surface area contributed by atoms with Crippen molar-refractivity contribution in [2.24, 2.45) is 0 Å². The van der Waals surface area contributed by atoms with Crippen LogP contribution in [-0.2, 0) is 9.59 Å². The van der Waals surface area contributed by atoms with Gasteiger partial charge in [0.15, 0.2) is 0 Å². The zero-order valence-corrected chi connectivity index (χ0v) is 5.29. The first-order chi connectivity index (χ1) is 4.57. The fraction of sp³-hybridized carbons (Fsp3) is 0.200. The third kappa shape index (κ3) is 2.83. The number of carbonyl (C=O) groups excluding carboxylic acids is 1. The summed E-state index contributed by atoms with van der Waals surface area (Å²) in [6.07, 6.45) is 0.700. The van der Waals surface area contributed by atoms with Crippen LogP contribution in [0.5, 0.6) is 0 Å². The van der Waals surface area contributed by atoms with E-state index in [0.717, 1.165) is 0 Å². The highest BCUT2D eigenvalue weighted by Gasteiger charge is 2.02. The van der Waals surface area contributed by atoms with Gasteiger partial charge in [0.05, 0.1) is 0 Å². The average Bonchev–Trinajstić information content (AvgIpc) is 1.85. The van der Waals surface area contributed by atoms with Crippen molar-refractivity contribution < 1.29 is 19.9 Å². The molecule has 0 aromatic heterocycles. The lowest BCUT2D eigenvalue weighted by Crippen LogP contribution is -2.19. The summed E-state index contributed by atoms with van der Waals surface area (Å²) in [5, 5.41) is 16.1. The Morgan fingerprint density at radius 2 is 2.00 bits per heavy atom. The van der Waals surface area contributed by atoms with E-state index >= 15 is 0 Å². The third-order valence-corrected chi connectivity index (χ3v) is 0.800. The van der Waals surface area contributed by atoms with Crippen molar-refractivity contribution in [2.75, 3.05) is 0 Å². The second-order valence-electron chi connectivity index (χ2n) is 1.61. The van der Waals surface area contributed by atoms with Gasteiger partial charge in [-0.05, 0) is 6.92 Å². The van der Waals surface area contributed by atoms with Crippen LogP contribution >= 0.6 is 0 Å². The van der Waals surface area contributed by atoms with Crippen LogP contribution in [0, 0.1) is 0 Å². The highest BCUT2D eigenvalue weighted by Crippen LogP contribution is 1.89. The van der Waals surface area contributed by atoms with E-state index in [9.17, 15) is 9.59 Å². The number of carboxylic acids is 1. The molecule has 0 aliphatic carbocycles. The highest BCUT2D eigenvalue weighted by molar-refractivity contribution is 5.97. The second-order valence-corrected chi connectivity index (χ2v) is 1.61. The Bertz CT molecular complexity index is 184. The summed E-state index contributed by atoms with van der Waals surface area (Å²) in [5.74, 6) is -2.04. The third-order valence-electron chi connectivity index (χ3n) is 0.800. The van der Waals surface area contributed by atoms with Crippen LogP contribution in [0.25, 0.3) is 0 Å². The maximum Gasteiger partial charge on any atom is 0.328 e. The smallest absolute Gasteiger partial charge is 0.328 e. The van der Waals surface area contributed by atoms with Gasteiger partial charge in [-0.25, -0.2) is 10.3 Å². The molecule has 0 heterocycles. The van der Waals surface area contributed by atoms with Gasteiger partial charge >= 0.3 is 5.97 Å². The van der Waals surface area contributed by atoms with Crippen LogP contribution in [0.1, 0.15) is 6.92 Å². The number of rotatable bonds is 2. The Morgan fingerprint density at radius 3 is 2.30 bits per heavy atom. The fourth-order valence-electron chi connectivity index (χ4n) is 0.339. The second kappa shape index (κ2) is 3.62. The molecule has 0 rings (SSSR count). The summed E-state index contributed by atoms with van der Waals surface area (Å²) >= 11 is 0. The molecule has 0 unspecified atom stereocenters. The molecule has 0 bridgehead atoms. The van der Waals surface area contributed by atoms with Gasteiger partial charge in [0.25, 0.3) is 5.91 Å². The van der Waals surface area contributed by atoms with E-state index in [-0.39, 0.29) is 5.57 Å². The summed E-state index contributed by atoms with van der Waals surface area (Å²) < 4.78 is 0. The van der Waals surface area contributed by atoms with E-state index in [2.05, 4.69) is 0 Å². The first-order valence-electron chi connectivity index (χ1n) is 2.43. The standard InChI is InChI=1S/C5H7NO4/c1-3(2-4(7)8)5(9)6-10/h2,10H,1H3,(H,6,9)(H,7,8)/b3-2+. The minimum absolute atomic E-state index is 0.0602. The maximum atomic E-state index is 10.4. The maximum absolute atomic E-state index is 10.4. The monoisotopic (exact) mass is 145 g/mol. The normalized spacial score (nSPS) is 10.8. The average molecular weight is 145 g/mol. The van der Waals surface area contributed by atoms with Crippen LogP contribution in [0.4, 0.5) is 0 Å². The number of carbonyl (C=O) groups is 2. The number of hydrogen-bond donors (Lipinski definition) is 3. The molecule has 0 aromatic carbocycles. The number of hydrogen-bond acceptors (Lipinski definition) is 3. The fourth-order valence-corrected chi connectivity index (χ4v) is 0.339. The summed E-state index contributed by atoms with van der Waals surface area (Å²) in [4.78, 5) is 20.2. The number of nitrogens with one attached hydrogen (secondary N) is 1. The molecule has 0 aliphatic heterocycles. The summed E-state index contributed by atoms with van der Waals surface area (Å²) in [6.45, 7) is 1.28. The predicted molar refractivity (Wildman–Crippen MR) is 31.3 cm³/mol. The Hall–Kier alpha value is -1.36. The summed E-state index contributed by atoms with van der Waals surface area (Å²) in [7, 11) is 0. The molecule has 0 radical (unpaired) electrons. The van der Waals surface area contributed by atoms with Crippen molar-refractivity contribution in [1.82, 2.24) is 5.48 Å². The number of hydroxylamine groups is 1. The number of amides is 1. The minimum Gasteiger partial charge on any atom is -0.478 e. The molecular weight excluding hydrogens is 138 g/mol. The molecule has 56 valence electrons. The van der Waals surface area contributed by atoms with Crippen LogP contribution < -0.4 is 5.48 Å². The molecule has 0 spiro atoms. The molecule has 0 aromatic rings. The van der Waals surface area contributed by atoms with Gasteiger partial charge < -0.3 is 5.11 Å². The molecule has 0 atom stereocenters. The van der Waals surface area contributed by atoms with E-state index in [1.54, 1.807) is 0 Å². The van der Waals surface area contributed by atoms with Gasteiger partial charge in [-0.1, -0.05) is 0 Å². The van der Waals surface area contributed by atoms with Crippen molar-refractivity contribution >= 4 is 11.9 Å². The molecule has 0 aliphatic rings. The van der Waals surface area contributed by atoms with Crippen molar-refractivity contribution in [1.29, 1.82) is 0 Å². The summed E-state index contributed by atoms with van der Waals surface area (Å²) in [5.41, 5.74) is 1.24. The molecule has 10 heavy (non-hydrogen) atoms. The molecule has 0 saturated heterocycles. The quantitative estimate of drug-likeness (QED) is 0.278. The zero-order valence-electron chi connectivity index (χ0n) is 5.29. The van der Waals surface area contributed by atoms with E-state index in [4.69, 9.17) is 10.3 Å². The molecule has 3 N–H and O–H groups in total. The molecule has 0 saturated carbocycles. The van der Waals surface area contributed by atoms with E-state index < -0.39 is 11.9 Å². The lowest BCUT2D eigenvalue weighted by molar-refractivity contribution is -0.132. The van der Waals surface area contributed by atoms with E-state index in [0.29, 0.717) is 6.08 Å². The Morgan fingerprint density at radius 1 is 1.50 bits per heavy atom. The minimum atomic E-state index is -1.22. The predicted octanol–water partition coefficient (Wildman–Crippen LogP) is -0.477. The van der Waals surface area contributed by atoms with Crippen molar-refractivity contribution in [3.8, 4) is 0 Å². The van der Waals surface area contributed by atoms with Gasteiger partial charge in [-0.2, -0.15) is 0 Å². The first kappa shape index (κ1) is 8.64. The van der Waals surface area contributed by atoms with Crippen LogP contribution in [-0.4, -0.2) is 22.2 Å². The Kier molecular flexibility index (Phi) is 3.13. The van der Waals surface area contributed by atoms with Gasteiger partial charge in [0.2, 0.25) is 0 Å². The SMILES string of the molecule is C/C(=C\C(=O)O)C(=O)NO. The van der Waals surface area contributed by atoms with Crippen LogP contribution in [0.3, 0.4) is 0 Å². The van der Waals surface area contributed by atoms with Gasteiger partial charge in [-0.15, -0.1) is 0 Å². The topological polar surface area (TPSA) is 86.6 Å². The number of aliphatic carboxylic acids is 1. The lowest BCUT2D eigenvalue weighted by atomic mass is 10.3. The molecule has 5 nitrogen and oxygen atoms in total. The largest absolute Gasteiger partial charge is 0.478 e. The van der Waals surface area contributed by atoms with E-state index in [1.807, 2.05) is 0 Å². The van der Waals surface area contributed by atoms with Gasteiger partial charge in [-0.3, -0.25) is 10.0 Å². The number of carboxylic acid groups (broad SMARTS) is 1. The first-order valence-corrected chi connectivity index (χ1v) is 2.43. The highest BCUT2D eigenvalue weighted by atomic mass is 16.5. The molecule has 0 fully saturated rings. The Balaban J connectivity index is 4.19.